The molecule has 1 N–H and O–H groups in total. The van der Waals surface area contributed by atoms with E-state index < -0.39 is 0 Å². The Morgan fingerprint density at radius 1 is 1.38 bits per heavy atom. The summed E-state index contributed by atoms with van der Waals surface area (Å²) in [6, 6.07) is 6.05. The summed E-state index contributed by atoms with van der Waals surface area (Å²) in [4.78, 5) is 17.4. The molecule has 0 spiro atoms. The van der Waals surface area contributed by atoms with Crippen LogP contribution >= 0.6 is 11.6 Å². The van der Waals surface area contributed by atoms with Gasteiger partial charge in [0.05, 0.1) is 0 Å². The van der Waals surface area contributed by atoms with E-state index in [9.17, 15) is 4.79 Å². The van der Waals surface area contributed by atoms with Crippen LogP contribution in [0.2, 0.25) is 5.02 Å². The summed E-state index contributed by atoms with van der Waals surface area (Å²) in [5, 5.41) is 5.61. The highest BCUT2D eigenvalue weighted by molar-refractivity contribution is 6.31. The van der Waals surface area contributed by atoms with Crippen LogP contribution < -0.4 is 5.32 Å². The van der Waals surface area contributed by atoms with E-state index in [1.165, 1.54) is 16.5 Å². The monoisotopic (exact) mass is 412 g/mol. The molecule has 1 saturated heterocycles. The van der Waals surface area contributed by atoms with Gasteiger partial charge in [-0.2, -0.15) is 0 Å². The quantitative estimate of drug-likeness (QED) is 0.399. The smallest absolute Gasteiger partial charge is 0.151 e. The number of benzene rings is 1. The Morgan fingerprint density at radius 2 is 2.14 bits per heavy atom. The number of fused-ring (bicyclic) bond motifs is 1. The van der Waals surface area contributed by atoms with Crippen molar-refractivity contribution < 1.29 is 4.79 Å². The summed E-state index contributed by atoms with van der Waals surface area (Å²) in [5.74, 6) is 1.37. The number of aliphatic imine (C=N–C) groups is 1. The minimum atomic E-state index is 0.569. The van der Waals surface area contributed by atoms with Gasteiger partial charge >= 0.3 is 0 Å². The lowest BCUT2D eigenvalue weighted by Crippen LogP contribution is -2.36. The summed E-state index contributed by atoms with van der Waals surface area (Å²) in [6.07, 6.45) is 8.51. The molecule has 29 heavy (non-hydrogen) atoms. The third-order valence-electron chi connectivity index (χ3n) is 5.59. The predicted molar refractivity (Wildman–Crippen MR) is 121 cm³/mol. The average Bonchev–Trinajstić information content (AvgIpc) is 3.04. The highest BCUT2D eigenvalue weighted by Crippen LogP contribution is 2.25. The molecule has 3 rings (SSSR count). The van der Waals surface area contributed by atoms with Gasteiger partial charge in [-0.15, -0.1) is 0 Å². The number of nitrogens with zero attached hydrogens (tertiary/aromatic N) is 3. The maximum absolute atomic E-state index is 10.8. The Balaban J connectivity index is 1.47. The molecule has 154 valence electrons. The number of hydrogen-bond donors (Lipinski definition) is 1. The summed E-state index contributed by atoms with van der Waals surface area (Å²) in [6.45, 7) is 9.58. The van der Waals surface area contributed by atoms with Gasteiger partial charge in [0.1, 0.15) is 5.82 Å². The summed E-state index contributed by atoms with van der Waals surface area (Å²) in [7, 11) is 2.07. The van der Waals surface area contributed by atoms with Crippen LogP contribution in [-0.2, 0) is 18.4 Å². The number of carbonyl (C=O) groups excluding carboxylic acids is 1. The van der Waals surface area contributed by atoms with E-state index in [0.717, 1.165) is 56.2 Å². The maximum atomic E-state index is 10.8. The maximum Gasteiger partial charge on any atom is 0.151 e. The topological polar surface area (TPSA) is 49.6 Å². The molecule has 1 aromatic heterocycles. The molecule has 0 saturated carbocycles. The summed E-state index contributed by atoms with van der Waals surface area (Å²) in [5.41, 5.74) is 3.05. The van der Waals surface area contributed by atoms with Crippen molar-refractivity contribution in [1.82, 2.24) is 14.8 Å². The number of aromatic nitrogens is 1. The lowest BCUT2D eigenvalue weighted by Gasteiger charge is -2.33. The van der Waals surface area contributed by atoms with Gasteiger partial charge in [0.15, 0.2) is 6.29 Å². The molecule has 1 aliphatic heterocycles. The minimum Gasteiger partial charge on any atom is -0.357 e. The van der Waals surface area contributed by atoms with Crippen molar-refractivity contribution in [2.75, 3.05) is 19.6 Å². The molecule has 0 bridgehead atoms. The molecule has 0 aliphatic carbocycles. The molecule has 0 radical (unpaired) electrons. The lowest BCUT2D eigenvalue weighted by atomic mass is 9.97. The molecule has 1 aromatic carbocycles. The first-order valence-electron chi connectivity index (χ1n) is 10.1. The van der Waals surface area contributed by atoms with Gasteiger partial charge in [-0.1, -0.05) is 24.3 Å². The zero-order valence-electron chi connectivity index (χ0n) is 17.2. The second kappa shape index (κ2) is 9.90. The van der Waals surface area contributed by atoms with E-state index in [0.29, 0.717) is 11.5 Å². The Labute approximate surface area is 177 Å². The van der Waals surface area contributed by atoms with Gasteiger partial charge in [-0.05, 0) is 56.0 Å². The van der Waals surface area contributed by atoms with Crippen molar-refractivity contribution in [2.45, 2.75) is 26.3 Å². The first kappa shape index (κ1) is 21.3. The molecular formula is C23H29ClN4O. The van der Waals surface area contributed by atoms with Crippen molar-refractivity contribution in [3.05, 3.63) is 59.0 Å². The number of carbonyl (C=O) groups is 1. The summed E-state index contributed by atoms with van der Waals surface area (Å²) < 4.78 is 2.15. The number of hydrogen-bond acceptors (Lipinski definition) is 4. The van der Waals surface area contributed by atoms with Crippen molar-refractivity contribution in [3.8, 4) is 0 Å². The van der Waals surface area contributed by atoms with Crippen molar-refractivity contribution in [2.24, 2.45) is 18.0 Å². The van der Waals surface area contributed by atoms with Crippen molar-refractivity contribution >= 4 is 35.0 Å². The third kappa shape index (κ3) is 5.37. The Bertz CT molecular complexity index is 936. The van der Waals surface area contributed by atoms with Crippen molar-refractivity contribution in [1.29, 1.82) is 0 Å². The van der Waals surface area contributed by atoms with Crippen LogP contribution in [0.25, 0.3) is 10.9 Å². The first-order valence-corrected chi connectivity index (χ1v) is 10.4. The third-order valence-corrected chi connectivity index (χ3v) is 5.83. The number of aldehydes is 1. The fourth-order valence-corrected chi connectivity index (χ4v) is 3.97. The molecular weight excluding hydrogens is 384 g/mol. The van der Waals surface area contributed by atoms with Gasteiger partial charge in [0, 0.05) is 60.6 Å². The zero-order chi connectivity index (χ0) is 20.8. The van der Waals surface area contributed by atoms with Crippen LogP contribution in [-0.4, -0.2) is 41.6 Å². The van der Waals surface area contributed by atoms with E-state index in [2.05, 4.69) is 45.7 Å². The van der Waals surface area contributed by atoms with Gasteiger partial charge in [0.2, 0.25) is 0 Å². The number of allylic oxidation sites excluding steroid dienone is 2. The fourth-order valence-electron chi connectivity index (χ4n) is 3.80. The Kier molecular flexibility index (Phi) is 7.29. The van der Waals surface area contributed by atoms with Crippen LogP contribution in [0.3, 0.4) is 0 Å². The van der Waals surface area contributed by atoms with E-state index in [1.807, 2.05) is 19.1 Å². The fraction of sp³-hybridized carbons (Fsp3) is 0.391. The number of nitrogens with one attached hydrogen (secondary N) is 1. The van der Waals surface area contributed by atoms with Crippen LogP contribution in [0.1, 0.15) is 25.3 Å². The van der Waals surface area contributed by atoms with E-state index >= 15 is 0 Å². The van der Waals surface area contributed by atoms with Gasteiger partial charge in [-0.25, -0.2) is 4.99 Å². The number of aryl methyl sites for hydroxylation is 1. The van der Waals surface area contributed by atoms with Crippen molar-refractivity contribution in [3.63, 3.8) is 0 Å². The highest BCUT2D eigenvalue weighted by Gasteiger charge is 2.19. The van der Waals surface area contributed by atoms with Crippen LogP contribution in [0.5, 0.6) is 0 Å². The normalized spacial score (nSPS) is 16.1. The zero-order valence-corrected chi connectivity index (χ0v) is 18.0. The number of rotatable bonds is 8. The number of piperidine rings is 1. The van der Waals surface area contributed by atoms with Gasteiger partial charge in [0.25, 0.3) is 0 Å². The molecule has 1 fully saturated rings. The van der Waals surface area contributed by atoms with E-state index in [4.69, 9.17) is 11.6 Å². The van der Waals surface area contributed by atoms with Gasteiger partial charge in [-0.3, -0.25) is 4.79 Å². The molecule has 0 amide bonds. The highest BCUT2D eigenvalue weighted by atomic mass is 35.5. The van der Waals surface area contributed by atoms with Gasteiger partial charge < -0.3 is 14.8 Å². The molecule has 0 atom stereocenters. The minimum absolute atomic E-state index is 0.569. The largest absolute Gasteiger partial charge is 0.357 e. The average molecular weight is 413 g/mol. The Morgan fingerprint density at radius 3 is 2.83 bits per heavy atom. The molecule has 1 aliphatic rings. The second-order valence-electron chi connectivity index (χ2n) is 7.57. The van der Waals surface area contributed by atoms with Crippen LogP contribution in [0.15, 0.2) is 53.4 Å². The van der Waals surface area contributed by atoms with Crippen LogP contribution in [0, 0.1) is 5.92 Å². The Hall–Kier alpha value is -2.37. The first-order chi connectivity index (χ1) is 14.0. The second-order valence-corrected chi connectivity index (χ2v) is 8.01. The van der Waals surface area contributed by atoms with Crippen LogP contribution in [0.4, 0.5) is 0 Å². The standard InChI is InChI=1S/C23H29ClN4O/c1-4-18(16-29)13-26-17(2)28-9-7-19(8-10-28)12-25-14-20-15-27(3)23-6-5-21(24)11-22(20)23/h4-6,11,13,15-16,19,25H,2,7-10,12,14H2,1,3H3/b18-4+,26-13-. The molecule has 0 unspecified atom stereocenters. The molecule has 6 heteroatoms. The van der Waals surface area contributed by atoms with E-state index in [-0.39, 0.29) is 0 Å². The molecule has 2 heterocycles. The number of likely N-dealkylation sites (tertiary alicyclic amines) is 1. The number of halogens is 1. The van der Waals surface area contributed by atoms with E-state index in [1.54, 1.807) is 12.3 Å². The SMILES string of the molecule is C=C(/N=C\C(C=O)=C/C)N1CCC(CNCc2cn(C)c3ccc(Cl)cc23)CC1. The molecule has 2 aromatic rings. The lowest BCUT2D eigenvalue weighted by molar-refractivity contribution is -0.104. The summed E-state index contributed by atoms with van der Waals surface area (Å²) >= 11 is 6.18. The molecule has 5 nitrogen and oxygen atoms in total. The predicted octanol–water partition coefficient (Wildman–Crippen LogP) is 4.32.